The number of hydrogen-bond acceptors (Lipinski definition) is 3. The maximum Gasteiger partial charge on any atom is 0.282 e. The van der Waals surface area contributed by atoms with E-state index in [2.05, 4.69) is 5.32 Å². The first kappa shape index (κ1) is 20.2. The summed E-state index contributed by atoms with van der Waals surface area (Å²) < 4.78 is 0. The molecular formula is C24H18Cl2N2O2. The second kappa shape index (κ2) is 7.98. The van der Waals surface area contributed by atoms with E-state index in [1.54, 1.807) is 30.3 Å². The Kier molecular flexibility index (Phi) is 5.37. The highest BCUT2D eigenvalue weighted by atomic mass is 35.5. The summed E-state index contributed by atoms with van der Waals surface area (Å²) >= 11 is 12.5. The van der Waals surface area contributed by atoms with Crippen molar-refractivity contribution in [1.82, 2.24) is 0 Å². The molecule has 4 rings (SSSR count). The summed E-state index contributed by atoms with van der Waals surface area (Å²) in [5.74, 6) is -0.905. The van der Waals surface area contributed by atoms with Gasteiger partial charge in [0, 0.05) is 10.7 Å². The zero-order valence-electron chi connectivity index (χ0n) is 16.4. The van der Waals surface area contributed by atoms with Gasteiger partial charge in [-0.15, -0.1) is 0 Å². The van der Waals surface area contributed by atoms with E-state index in [1.165, 1.54) is 0 Å². The van der Waals surface area contributed by atoms with Crippen LogP contribution in [0.2, 0.25) is 10.0 Å². The van der Waals surface area contributed by atoms with Gasteiger partial charge in [-0.3, -0.25) is 9.59 Å². The number of rotatable bonds is 4. The Morgan fingerprint density at radius 2 is 1.50 bits per heavy atom. The van der Waals surface area contributed by atoms with Crippen molar-refractivity contribution in [2.45, 2.75) is 13.8 Å². The molecule has 30 heavy (non-hydrogen) atoms. The van der Waals surface area contributed by atoms with Crippen molar-refractivity contribution in [3.63, 3.8) is 0 Å². The molecule has 0 atom stereocenters. The molecule has 0 spiro atoms. The molecule has 0 aliphatic carbocycles. The summed E-state index contributed by atoms with van der Waals surface area (Å²) in [6.45, 7) is 3.86. The number of para-hydroxylation sites is 1. The van der Waals surface area contributed by atoms with Gasteiger partial charge in [-0.1, -0.05) is 71.2 Å². The fourth-order valence-electron chi connectivity index (χ4n) is 3.30. The van der Waals surface area contributed by atoms with E-state index in [0.717, 1.165) is 16.0 Å². The van der Waals surface area contributed by atoms with Crippen LogP contribution < -0.4 is 10.2 Å². The quantitative estimate of drug-likeness (QED) is 0.509. The second-order valence-corrected chi connectivity index (χ2v) is 7.92. The van der Waals surface area contributed by atoms with Crippen molar-refractivity contribution < 1.29 is 9.59 Å². The zero-order chi connectivity index (χ0) is 21.4. The molecule has 1 aliphatic rings. The average molecular weight is 437 g/mol. The Balaban J connectivity index is 1.84. The average Bonchev–Trinajstić information content (AvgIpc) is 2.96. The van der Waals surface area contributed by atoms with Crippen LogP contribution in [0.3, 0.4) is 0 Å². The first-order valence-corrected chi connectivity index (χ1v) is 10.1. The van der Waals surface area contributed by atoms with Gasteiger partial charge >= 0.3 is 0 Å². The molecule has 4 nitrogen and oxygen atoms in total. The summed E-state index contributed by atoms with van der Waals surface area (Å²) in [6.07, 6.45) is 0. The SMILES string of the molecule is Cc1ccc(C2=C(Nc3ccc(C)c(Cl)c3)C(=O)N(c3ccccc3Cl)C2=O)cc1. The summed E-state index contributed by atoms with van der Waals surface area (Å²) in [5, 5.41) is 4.00. The normalized spacial score (nSPS) is 13.9. The number of imide groups is 1. The van der Waals surface area contributed by atoms with Crippen LogP contribution in [-0.4, -0.2) is 11.8 Å². The van der Waals surface area contributed by atoms with Crippen molar-refractivity contribution in [2.75, 3.05) is 10.2 Å². The van der Waals surface area contributed by atoms with Gasteiger partial charge < -0.3 is 5.32 Å². The third kappa shape index (κ3) is 3.60. The standard InChI is InChI=1S/C24H18Cl2N2O2/c1-14-7-10-16(11-8-14)21-22(27-17-12-9-15(2)19(26)13-17)24(30)28(23(21)29)20-6-4-3-5-18(20)25/h3-13,27H,1-2H3. The van der Waals surface area contributed by atoms with Crippen LogP contribution in [0.5, 0.6) is 0 Å². The molecule has 1 heterocycles. The molecule has 0 saturated carbocycles. The van der Waals surface area contributed by atoms with Gasteiger partial charge in [0.15, 0.2) is 0 Å². The van der Waals surface area contributed by atoms with E-state index in [4.69, 9.17) is 23.2 Å². The fraction of sp³-hybridized carbons (Fsp3) is 0.0833. The van der Waals surface area contributed by atoms with Crippen molar-refractivity contribution in [2.24, 2.45) is 0 Å². The molecular weight excluding hydrogens is 419 g/mol. The van der Waals surface area contributed by atoms with E-state index in [9.17, 15) is 9.59 Å². The molecule has 3 aromatic carbocycles. The fourth-order valence-corrected chi connectivity index (χ4v) is 3.70. The molecule has 6 heteroatoms. The van der Waals surface area contributed by atoms with E-state index in [0.29, 0.717) is 27.0 Å². The van der Waals surface area contributed by atoms with E-state index in [-0.39, 0.29) is 11.3 Å². The first-order chi connectivity index (χ1) is 14.4. The predicted octanol–water partition coefficient (Wildman–Crippen LogP) is 6.01. The number of nitrogens with zero attached hydrogens (tertiary/aromatic N) is 1. The van der Waals surface area contributed by atoms with Crippen molar-refractivity contribution >= 4 is 52.0 Å². The Hall–Kier alpha value is -3.08. The number of amides is 2. The highest BCUT2D eigenvalue weighted by molar-refractivity contribution is 6.48. The summed E-state index contributed by atoms with van der Waals surface area (Å²) in [7, 11) is 0. The minimum absolute atomic E-state index is 0.184. The third-order valence-electron chi connectivity index (χ3n) is 4.96. The van der Waals surface area contributed by atoms with Gasteiger partial charge in [-0.25, -0.2) is 4.90 Å². The first-order valence-electron chi connectivity index (χ1n) is 9.34. The van der Waals surface area contributed by atoms with E-state index >= 15 is 0 Å². The lowest BCUT2D eigenvalue weighted by atomic mass is 10.0. The molecule has 1 aliphatic heterocycles. The number of hydrogen-bond donors (Lipinski definition) is 1. The molecule has 0 radical (unpaired) electrons. The number of anilines is 2. The molecule has 0 aromatic heterocycles. The van der Waals surface area contributed by atoms with Crippen LogP contribution in [0.4, 0.5) is 11.4 Å². The molecule has 0 bridgehead atoms. The van der Waals surface area contributed by atoms with Gasteiger partial charge in [0.2, 0.25) is 0 Å². The topological polar surface area (TPSA) is 49.4 Å². The summed E-state index contributed by atoms with van der Waals surface area (Å²) in [5.41, 5.74) is 4.06. The van der Waals surface area contributed by atoms with Crippen LogP contribution in [0.25, 0.3) is 5.57 Å². The van der Waals surface area contributed by atoms with Crippen molar-refractivity contribution in [1.29, 1.82) is 0 Å². The van der Waals surface area contributed by atoms with Gasteiger partial charge in [0.05, 0.1) is 16.3 Å². The second-order valence-electron chi connectivity index (χ2n) is 7.10. The molecule has 0 fully saturated rings. The van der Waals surface area contributed by atoms with E-state index < -0.39 is 11.8 Å². The van der Waals surface area contributed by atoms with Gasteiger partial charge in [-0.2, -0.15) is 0 Å². The maximum absolute atomic E-state index is 13.4. The number of carbonyl (C=O) groups excluding carboxylic acids is 2. The van der Waals surface area contributed by atoms with E-state index in [1.807, 2.05) is 50.2 Å². The van der Waals surface area contributed by atoms with Crippen LogP contribution >= 0.6 is 23.2 Å². The molecule has 0 unspecified atom stereocenters. The molecule has 1 N–H and O–H groups in total. The molecule has 2 amide bonds. The Bertz CT molecular complexity index is 1200. The van der Waals surface area contributed by atoms with Gasteiger partial charge in [-0.05, 0) is 49.2 Å². The lowest BCUT2D eigenvalue weighted by molar-refractivity contribution is -0.120. The number of aryl methyl sites for hydroxylation is 2. The number of halogens is 2. The molecule has 0 saturated heterocycles. The highest BCUT2D eigenvalue weighted by Gasteiger charge is 2.41. The number of carbonyl (C=O) groups is 2. The Morgan fingerprint density at radius 3 is 2.17 bits per heavy atom. The van der Waals surface area contributed by atoms with Crippen molar-refractivity contribution in [3.8, 4) is 0 Å². The summed E-state index contributed by atoms with van der Waals surface area (Å²) in [6, 6.07) is 19.6. The largest absolute Gasteiger partial charge is 0.350 e. The van der Waals surface area contributed by atoms with Gasteiger partial charge in [0.1, 0.15) is 5.70 Å². The molecule has 3 aromatic rings. The van der Waals surface area contributed by atoms with Crippen molar-refractivity contribution in [3.05, 3.63) is 99.2 Å². The lowest BCUT2D eigenvalue weighted by Crippen LogP contribution is -2.32. The highest BCUT2D eigenvalue weighted by Crippen LogP contribution is 2.37. The summed E-state index contributed by atoms with van der Waals surface area (Å²) in [4.78, 5) is 27.9. The third-order valence-corrected chi connectivity index (χ3v) is 5.69. The minimum Gasteiger partial charge on any atom is -0.350 e. The van der Waals surface area contributed by atoms with Crippen LogP contribution in [0, 0.1) is 13.8 Å². The number of benzene rings is 3. The van der Waals surface area contributed by atoms with Crippen LogP contribution in [0.1, 0.15) is 16.7 Å². The monoisotopic (exact) mass is 436 g/mol. The minimum atomic E-state index is -0.472. The lowest BCUT2D eigenvalue weighted by Gasteiger charge is -2.16. The van der Waals surface area contributed by atoms with Crippen LogP contribution in [-0.2, 0) is 9.59 Å². The Labute approximate surface area is 184 Å². The van der Waals surface area contributed by atoms with Crippen LogP contribution in [0.15, 0.2) is 72.4 Å². The zero-order valence-corrected chi connectivity index (χ0v) is 17.9. The van der Waals surface area contributed by atoms with Gasteiger partial charge in [0.25, 0.3) is 11.8 Å². The Morgan fingerprint density at radius 1 is 0.800 bits per heavy atom. The predicted molar refractivity (Wildman–Crippen MR) is 122 cm³/mol. The smallest absolute Gasteiger partial charge is 0.282 e. The number of nitrogens with one attached hydrogen (secondary N) is 1. The maximum atomic E-state index is 13.4. The molecule has 150 valence electrons.